The van der Waals surface area contributed by atoms with E-state index < -0.39 is 11.5 Å². The Labute approximate surface area is 160 Å². The van der Waals surface area contributed by atoms with Crippen molar-refractivity contribution in [3.05, 3.63) is 0 Å². The summed E-state index contributed by atoms with van der Waals surface area (Å²) in [4.78, 5) is 23.1. The van der Waals surface area contributed by atoms with E-state index in [0.29, 0.717) is 13.0 Å². The van der Waals surface area contributed by atoms with Gasteiger partial charge in [0, 0.05) is 6.42 Å². The third kappa shape index (κ3) is 11.5. The van der Waals surface area contributed by atoms with Gasteiger partial charge >= 0.3 is 11.9 Å². The highest BCUT2D eigenvalue weighted by Gasteiger charge is 2.36. The molecule has 0 radical (unpaired) electrons. The van der Waals surface area contributed by atoms with E-state index in [1.807, 2.05) is 13.8 Å². The summed E-state index contributed by atoms with van der Waals surface area (Å²) in [6.45, 7) is 7.35. The fourth-order valence-electron chi connectivity index (χ4n) is 3.27. The molecule has 0 aliphatic rings. The van der Waals surface area contributed by atoms with Gasteiger partial charge in [-0.3, -0.25) is 9.59 Å². The van der Waals surface area contributed by atoms with E-state index in [0.717, 1.165) is 45.1 Å². The van der Waals surface area contributed by atoms with Crippen molar-refractivity contribution in [2.45, 2.75) is 110 Å². The van der Waals surface area contributed by atoms with Crippen LogP contribution in [0.5, 0.6) is 0 Å². The number of esters is 1. The third-order valence-corrected chi connectivity index (χ3v) is 5.01. The molecule has 0 aromatic heterocycles. The normalized spacial score (nSPS) is 13.3. The highest BCUT2D eigenvalue weighted by atomic mass is 16.5. The summed E-state index contributed by atoms with van der Waals surface area (Å²) in [5.41, 5.74) is -0.591. The van der Waals surface area contributed by atoms with Crippen LogP contribution in [-0.2, 0) is 14.3 Å². The molecular formula is C21H41NO4. The standard InChI is InChI=1S/C21H41NO4/c1-4-7-8-9-12-15-18-22-21(5-2,20(25)26-6-3)17-14-11-10-13-16-19(23)24/h22H,4-18H2,1-3H3,(H,23,24). The van der Waals surface area contributed by atoms with Crippen molar-refractivity contribution in [3.8, 4) is 0 Å². The first-order chi connectivity index (χ1) is 12.5. The first kappa shape index (κ1) is 24.9. The SMILES string of the molecule is CCCCCCCCNC(CC)(CCCCCCC(=O)O)C(=O)OCC. The average molecular weight is 372 g/mol. The molecule has 5 heteroatoms. The number of unbranched alkanes of at least 4 members (excludes halogenated alkanes) is 8. The van der Waals surface area contributed by atoms with Crippen LogP contribution in [0.3, 0.4) is 0 Å². The second-order valence-corrected chi connectivity index (χ2v) is 7.16. The molecule has 5 nitrogen and oxygen atoms in total. The molecular weight excluding hydrogens is 330 g/mol. The van der Waals surface area contributed by atoms with Gasteiger partial charge in [0.15, 0.2) is 0 Å². The lowest BCUT2D eigenvalue weighted by Gasteiger charge is -2.32. The van der Waals surface area contributed by atoms with Crippen LogP contribution in [-0.4, -0.2) is 35.7 Å². The number of aliphatic carboxylic acids is 1. The maximum Gasteiger partial charge on any atom is 0.326 e. The van der Waals surface area contributed by atoms with Crippen molar-refractivity contribution in [2.24, 2.45) is 0 Å². The Morgan fingerprint density at radius 3 is 2.12 bits per heavy atom. The molecule has 2 N–H and O–H groups in total. The van der Waals surface area contributed by atoms with E-state index in [1.54, 1.807) is 0 Å². The minimum atomic E-state index is -0.736. The van der Waals surface area contributed by atoms with Crippen LogP contribution in [0, 0.1) is 0 Å². The van der Waals surface area contributed by atoms with Crippen LogP contribution in [0.1, 0.15) is 104 Å². The molecule has 0 saturated heterocycles. The lowest BCUT2D eigenvalue weighted by Crippen LogP contribution is -2.53. The van der Waals surface area contributed by atoms with Crippen molar-refractivity contribution in [1.29, 1.82) is 0 Å². The number of carboxylic acids is 1. The Kier molecular flexibility index (Phi) is 15.4. The molecule has 1 unspecified atom stereocenters. The van der Waals surface area contributed by atoms with E-state index in [-0.39, 0.29) is 12.4 Å². The third-order valence-electron chi connectivity index (χ3n) is 5.01. The Morgan fingerprint density at radius 1 is 0.885 bits per heavy atom. The zero-order valence-electron chi connectivity index (χ0n) is 17.3. The molecule has 0 aliphatic carbocycles. The fraction of sp³-hybridized carbons (Fsp3) is 0.905. The number of nitrogens with one attached hydrogen (secondary N) is 1. The monoisotopic (exact) mass is 371 g/mol. The first-order valence-electron chi connectivity index (χ1n) is 10.7. The predicted molar refractivity (Wildman–Crippen MR) is 106 cm³/mol. The Morgan fingerprint density at radius 2 is 1.50 bits per heavy atom. The molecule has 0 amide bonds. The molecule has 0 aliphatic heterocycles. The van der Waals surface area contributed by atoms with Crippen molar-refractivity contribution < 1.29 is 19.4 Å². The summed E-state index contributed by atoms with van der Waals surface area (Å²) in [6.07, 6.45) is 12.6. The molecule has 26 heavy (non-hydrogen) atoms. The summed E-state index contributed by atoms with van der Waals surface area (Å²) in [6, 6.07) is 0. The summed E-state index contributed by atoms with van der Waals surface area (Å²) in [5.74, 6) is -0.876. The van der Waals surface area contributed by atoms with Crippen molar-refractivity contribution in [2.75, 3.05) is 13.2 Å². The van der Waals surface area contributed by atoms with E-state index in [1.165, 1.54) is 32.1 Å². The Balaban J connectivity index is 4.33. The van der Waals surface area contributed by atoms with Crippen LogP contribution < -0.4 is 5.32 Å². The second kappa shape index (κ2) is 16.1. The van der Waals surface area contributed by atoms with Crippen molar-refractivity contribution in [1.82, 2.24) is 5.32 Å². The summed E-state index contributed by atoms with van der Waals surface area (Å²) in [5, 5.41) is 12.2. The van der Waals surface area contributed by atoms with Gasteiger partial charge in [-0.15, -0.1) is 0 Å². The maximum absolute atomic E-state index is 12.5. The molecule has 0 spiro atoms. The molecule has 154 valence electrons. The number of ether oxygens (including phenoxy) is 1. The van der Waals surface area contributed by atoms with Crippen LogP contribution in [0.2, 0.25) is 0 Å². The number of hydrogen-bond acceptors (Lipinski definition) is 4. The van der Waals surface area contributed by atoms with Gasteiger partial charge in [-0.05, 0) is 39.2 Å². The van der Waals surface area contributed by atoms with Crippen molar-refractivity contribution >= 4 is 11.9 Å². The quantitative estimate of drug-likeness (QED) is 0.260. The smallest absolute Gasteiger partial charge is 0.326 e. The highest BCUT2D eigenvalue weighted by molar-refractivity contribution is 5.80. The molecule has 0 fully saturated rings. The fourth-order valence-corrected chi connectivity index (χ4v) is 3.27. The largest absolute Gasteiger partial charge is 0.481 e. The lowest BCUT2D eigenvalue weighted by atomic mass is 9.88. The van der Waals surface area contributed by atoms with Gasteiger partial charge < -0.3 is 15.2 Å². The number of carbonyl (C=O) groups excluding carboxylic acids is 1. The Hall–Kier alpha value is -1.10. The van der Waals surface area contributed by atoms with Gasteiger partial charge in [0.25, 0.3) is 0 Å². The summed E-state index contributed by atoms with van der Waals surface area (Å²) in [7, 11) is 0. The number of carbonyl (C=O) groups is 2. The maximum atomic E-state index is 12.5. The highest BCUT2D eigenvalue weighted by Crippen LogP contribution is 2.22. The zero-order valence-corrected chi connectivity index (χ0v) is 17.3. The van der Waals surface area contributed by atoms with Gasteiger partial charge in [0.05, 0.1) is 6.61 Å². The van der Waals surface area contributed by atoms with Gasteiger partial charge in [-0.1, -0.05) is 65.2 Å². The van der Waals surface area contributed by atoms with E-state index in [9.17, 15) is 9.59 Å². The number of carboxylic acid groups (broad SMARTS) is 1. The molecule has 0 rings (SSSR count). The van der Waals surface area contributed by atoms with E-state index in [2.05, 4.69) is 12.2 Å². The Bertz CT molecular complexity index is 373. The molecule has 0 aromatic carbocycles. The van der Waals surface area contributed by atoms with Crippen LogP contribution >= 0.6 is 0 Å². The van der Waals surface area contributed by atoms with E-state index in [4.69, 9.17) is 9.84 Å². The lowest BCUT2D eigenvalue weighted by molar-refractivity contribution is -0.152. The molecule has 0 aromatic rings. The van der Waals surface area contributed by atoms with Crippen LogP contribution in [0.4, 0.5) is 0 Å². The first-order valence-corrected chi connectivity index (χ1v) is 10.7. The minimum absolute atomic E-state index is 0.140. The molecule has 0 heterocycles. The zero-order chi connectivity index (χ0) is 19.7. The minimum Gasteiger partial charge on any atom is -0.481 e. The summed E-state index contributed by atoms with van der Waals surface area (Å²) >= 11 is 0. The van der Waals surface area contributed by atoms with Gasteiger partial charge in [-0.2, -0.15) is 0 Å². The molecule has 0 bridgehead atoms. The average Bonchev–Trinajstić information content (AvgIpc) is 2.62. The van der Waals surface area contributed by atoms with Gasteiger partial charge in [0.2, 0.25) is 0 Å². The van der Waals surface area contributed by atoms with Gasteiger partial charge in [-0.25, -0.2) is 0 Å². The van der Waals surface area contributed by atoms with Crippen LogP contribution in [0.25, 0.3) is 0 Å². The molecule has 1 atom stereocenters. The topological polar surface area (TPSA) is 75.6 Å². The number of hydrogen-bond donors (Lipinski definition) is 2. The molecule has 0 saturated carbocycles. The second-order valence-electron chi connectivity index (χ2n) is 7.16. The van der Waals surface area contributed by atoms with E-state index >= 15 is 0 Å². The van der Waals surface area contributed by atoms with Gasteiger partial charge in [0.1, 0.15) is 5.54 Å². The predicted octanol–water partition coefficient (Wildman–Crippen LogP) is 5.07. The van der Waals surface area contributed by atoms with Crippen molar-refractivity contribution in [3.63, 3.8) is 0 Å². The number of rotatable bonds is 18. The summed E-state index contributed by atoms with van der Waals surface area (Å²) < 4.78 is 5.34. The van der Waals surface area contributed by atoms with Crippen LogP contribution in [0.15, 0.2) is 0 Å².